The quantitative estimate of drug-likeness (QED) is 0.192. The summed E-state index contributed by atoms with van der Waals surface area (Å²) >= 11 is 0. The molecule has 1 amide bonds. The number of amides is 1. The minimum absolute atomic E-state index is 0.0849. The number of hydrogen-bond acceptors (Lipinski definition) is 6. The van der Waals surface area contributed by atoms with E-state index < -0.39 is 17.7 Å². The van der Waals surface area contributed by atoms with Crippen LogP contribution in [0.2, 0.25) is 0 Å². The maximum absolute atomic E-state index is 13.3. The van der Waals surface area contributed by atoms with E-state index in [1.807, 2.05) is 61.5 Å². The molecule has 7 nitrogen and oxygen atoms in total. The molecule has 1 aliphatic rings. The van der Waals surface area contributed by atoms with Gasteiger partial charge in [0.15, 0.2) is 0 Å². The number of aliphatic hydroxyl groups is 1. The van der Waals surface area contributed by atoms with E-state index in [1.165, 1.54) is 0 Å². The molecule has 7 heteroatoms. The second-order valence-electron chi connectivity index (χ2n) is 9.32. The molecule has 0 spiro atoms. The fraction of sp³-hybridized carbons (Fsp3) is 0.312. The summed E-state index contributed by atoms with van der Waals surface area (Å²) in [5.74, 6) is -0.152. The van der Waals surface area contributed by atoms with Crippen LogP contribution in [0.4, 0.5) is 0 Å². The molecule has 0 radical (unpaired) electrons. The van der Waals surface area contributed by atoms with Gasteiger partial charge in [-0.25, -0.2) is 0 Å². The van der Waals surface area contributed by atoms with Crippen molar-refractivity contribution in [3.63, 3.8) is 0 Å². The highest BCUT2D eigenvalue weighted by atomic mass is 16.5. The van der Waals surface area contributed by atoms with E-state index >= 15 is 0 Å². The molecule has 0 aromatic heterocycles. The molecule has 3 aromatic rings. The van der Waals surface area contributed by atoms with Crippen LogP contribution in [-0.4, -0.2) is 59.4 Å². The first-order valence-corrected chi connectivity index (χ1v) is 13.5. The maximum Gasteiger partial charge on any atom is 0.295 e. The molecule has 4 rings (SSSR count). The maximum atomic E-state index is 13.3. The smallest absolute Gasteiger partial charge is 0.295 e. The fourth-order valence-electron chi connectivity index (χ4n) is 4.76. The lowest BCUT2D eigenvalue weighted by Gasteiger charge is -2.28. The third-order valence-electron chi connectivity index (χ3n) is 6.97. The Morgan fingerprint density at radius 3 is 2.08 bits per heavy atom. The molecule has 1 fully saturated rings. The van der Waals surface area contributed by atoms with Crippen LogP contribution in [-0.2, 0) is 16.2 Å². The molecule has 0 bridgehead atoms. The van der Waals surface area contributed by atoms with Crippen LogP contribution in [0.25, 0.3) is 5.76 Å². The number of likely N-dealkylation sites (tertiary alicyclic amines) is 1. The van der Waals surface area contributed by atoms with Crippen molar-refractivity contribution in [1.82, 2.24) is 9.80 Å². The molecule has 1 heterocycles. The summed E-state index contributed by atoms with van der Waals surface area (Å²) < 4.78 is 11.4. The summed E-state index contributed by atoms with van der Waals surface area (Å²) in [5.41, 5.74) is 2.32. The van der Waals surface area contributed by atoms with Gasteiger partial charge < -0.3 is 24.4 Å². The number of benzene rings is 3. The minimum atomic E-state index is -0.713. The monoisotopic (exact) mass is 528 g/mol. The molecular formula is C32H36N2O5. The van der Waals surface area contributed by atoms with E-state index in [-0.39, 0.29) is 11.3 Å². The molecule has 3 aromatic carbocycles. The highest BCUT2D eigenvalue weighted by Gasteiger charge is 2.46. The van der Waals surface area contributed by atoms with E-state index in [0.29, 0.717) is 43.4 Å². The second-order valence-corrected chi connectivity index (χ2v) is 9.32. The van der Waals surface area contributed by atoms with Crippen LogP contribution in [0.3, 0.4) is 0 Å². The van der Waals surface area contributed by atoms with Gasteiger partial charge in [-0.2, -0.15) is 0 Å². The van der Waals surface area contributed by atoms with Gasteiger partial charge >= 0.3 is 0 Å². The average molecular weight is 529 g/mol. The van der Waals surface area contributed by atoms with Gasteiger partial charge in [0.1, 0.15) is 23.9 Å². The Morgan fingerprint density at radius 2 is 1.46 bits per heavy atom. The molecule has 1 saturated heterocycles. The lowest BCUT2D eigenvalue weighted by Crippen LogP contribution is -2.38. The Balaban J connectivity index is 1.67. The van der Waals surface area contributed by atoms with Crippen molar-refractivity contribution in [3.05, 3.63) is 101 Å². The summed E-state index contributed by atoms with van der Waals surface area (Å²) in [6.07, 6.45) is 0. The van der Waals surface area contributed by atoms with E-state index in [4.69, 9.17) is 9.47 Å². The Hall–Kier alpha value is -4.10. The molecular weight excluding hydrogens is 492 g/mol. The van der Waals surface area contributed by atoms with Gasteiger partial charge in [0.25, 0.3) is 11.7 Å². The molecule has 1 atom stereocenters. The number of Topliss-reactive ketones (excluding diaryl/α,β-unsaturated/α-hetero) is 1. The number of likely N-dealkylation sites (N-methyl/N-ethyl adjacent to an activating group) is 1. The zero-order valence-electron chi connectivity index (χ0n) is 22.8. The van der Waals surface area contributed by atoms with Gasteiger partial charge in [-0.1, -0.05) is 56.3 Å². The predicted octanol–water partition coefficient (Wildman–Crippen LogP) is 5.43. The van der Waals surface area contributed by atoms with Crippen LogP contribution in [0.15, 0.2) is 84.4 Å². The molecule has 1 unspecified atom stereocenters. The van der Waals surface area contributed by atoms with Gasteiger partial charge in [-0.3, -0.25) is 9.59 Å². The third kappa shape index (κ3) is 6.49. The number of rotatable bonds is 12. The minimum Gasteiger partial charge on any atom is -0.507 e. The van der Waals surface area contributed by atoms with Crippen molar-refractivity contribution in [1.29, 1.82) is 0 Å². The first kappa shape index (κ1) is 27.9. The van der Waals surface area contributed by atoms with Crippen molar-refractivity contribution in [3.8, 4) is 11.5 Å². The number of hydrogen-bond donors (Lipinski definition) is 1. The van der Waals surface area contributed by atoms with Crippen LogP contribution < -0.4 is 9.47 Å². The normalized spacial score (nSPS) is 16.6. The Bertz CT molecular complexity index is 1280. The van der Waals surface area contributed by atoms with Crippen molar-refractivity contribution in [2.24, 2.45) is 0 Å². The number of ketones is 1. The van der Waals surface area contributed by atoms with Crippen molar-refractivity contribution >= 4 is 17.4 Å². The summed E-state index contributed by atoms with van der Waals surface area (Å²) in [7, 11) is 0. The van der Waals surface area contributed by atoms with Crippen LogP contribution in [0, 0.1) is 0 Å². The summed E-state index contributed by atoms with van der Waals surface area (Å²) in [6, 6.07) is 23.4. The molecule has 1 N–H and O–H groups in total. The second kappa shape index (κ2) is 13.1. The highest BCUT2D eigenvalue weighted by molar-refractivity contribution is 6.46. The summed E-state index contributed by atoms with van der Waals surface area (Å²) in [6.45, 7) is 9.64. The summed E-state index contributed by atoms with van der Waals surface area (Å²) in [4.78, 5) is 30.3. The zero-order chi connectivity index (χ0) is 27.8. The summed E-state index contributed by atoms with van der Waals surface area (Å²) in [5, 5.41) is 11.3. The Labute approximate surface area is 230 Å². The number of aliphatic hydroxyl groups excluding tert-OH is 1. The number of ether oxygens (including phenoxy) is 2. The van der Waals surface area contributed by atoms with Crippen molar-refractivity contribution in [2.45, 2.75) is 33.4 Å². The Kier molecular flexibility index (Phi) is 9.39. The SMILES string of the molecule is CCOc1ccc(/C(O)=C2\C(=O)C(=O)N(CCN(CC)CC)C2c2ccc(OCc3ccccc3)cc2)cc1. The first-order valence-electron chi connectivity index (χ1n) is 13.5. The topological polar surface area (TPSA) is 79.3 Å². The van der Waals surface area contributed by atoms with Crippen molar-refractivity contribution in [2.75, 3.05) is 32.8 Å². The van der Waals surface area contributed by atoms with Gasteiger partial charge in [0.05, 0.1) is 18.2 Å². The Morgan fingerprint density at radius 1 is 0.846 bits per heavy atom. The standard InChI is InChI=1S/C32H36N2O5/c1-4-33(5-2)20-21-34-29(24-12-16-27(17-13-24)39-22-23-10-8-7-9-11-23)28(31(36)32(34)37)30(35)25-14-18-26(19-15-25)38-6-3/h7-19,29,35H,4-6,20-22H2,1-3H3/b30-28+. The van der Waals surface area contributed by atoms with Gasteiger partial charge in [0.2, 0.25) is 0 Å². The van der Waals surface area contributed by atoms with E-state index in [1.54, 1.807) is 29.2 Å². The van der Waals surface area contributed by atoms with Gasteiger partial charge in [-0.15, -0.1) is 0 Å². The molecule has 39 heavy (non-hydrogen) atoms. The van der Waals surface area contributed by atoms with Crippen molar-refractivity contribution < 1.29 is 24.2 Å². The predicted molar refractivity (Wildman–Crippen MR) is 152 cm³/mol. The van der Waals surface area contributed by atoms with E-state index in [0.717, 1.165) is 24.2 Å². The average Bonchev–Trinajstić information content (AvgIpc) is 3.22. The molecule has 0 aliphatic carbocycles. The number of carbonyl (C=O) groups is 2. The van der Waals surface area contributed by atoms with E-state index in [9.17, 15) is 14.7 Å². The molecule has 0 saturated carbocycles. The lowest BCUT2D eigenvalue weighted by atomic mass is 9.95. The largest absolute Gasteiger partial charge is 0.507 e. The zero-order valence-corrected chi connectivity index (χ0v) is 22.8. The third-order valence-corrected chi connectivity index (χ3v) is 6.97. The lowest BCUT2D eigenvalue weighted by molar-refractivity contribution is -0.140. The fourth-order valence-corrected chi connectivity index (χ4v) is 4.76. The first-order chi connectivity index (χ1) is 19.0. The van der Waals surface area contributed by atoms with Crippen LogP contribution in [0.5, 0.6) is 11.5 Å². The number of carbonyl (C=O) groups excluding carboxylic acids is 2. The van der Waals surface area contributed by atoms with Crippen LogP contribution >= 0.6 is 0 Å². The van der Waals surface area contributed by atoms with E-state index in [2.05, 4.69) is 18.7 Å². The highest BCUT2D eigenvalue weighted by Crippen LogP contribution is 2.40. The van der Waals surface area contributed by atoms with Gasteiger partial charge in [-0.05, 0) is 67.5 Å². The molecule has 1 aliphatic heterocycles. The molecule has 204 valence electrons. The van der Waals surface area contributed by atoms with Gasteiger partial charge in [0, 0.05) is 18.7 Å². The van der Waals surface area contributed by atoms with Crippen LogP contribution in [0.1, 0.15) is 43.5 Å². The number of nitrogens with zero attached hydrogens (tertiary/aromatic N) is 2.